The lowest BCUT2D eigenvalue weighted by atomic mass is 9.77. The molecule has 3 aliphatic rings. The van der Waals surface area contributed by atoms with Crippen LogP contribution in [0.2, 0.25) is 0 Å². The quantitative estimate of drug-likeness (QED) is 0.0430. The van der Waals surface area contributed by atoms with E-state index in [4.69, 9.17) is 23.3 Å². The number of benzene rings is 2. The highest BCUT2D eigenvalue weighted by Gasteiger charge is 2.43. The Balaban J connectivity index is 1.37. The molecule has 1 atom stereocenters. The van der Waals surface area contributed by atoms with E-state index in [1.165, 1.54) is 18.4 Å². The fraction of sp³-hybridized carbons (Fsp3) is 0.400. The van der Waals surface area contributed by atoms with Gasteiger partial charge < -0.3 is 33.8 Å². The van der Waals surface area contributed by atoms with Gasteiger partial charge >= 0.3 is 5.97 Å². The van der Waals surface area contributed by atoms with Crippen LogP contribution in [0.3, 0.4) is 0 Å². The van der Waals surface area contributed by atoms with Gasteiger partial charge in [-0.15, -0.1) is 4.73 Å². The van der Waals surface area contributed by atoms with E-state index in [0.717, 1.165) is 28.6 Å². The zero-order chi connectivity index (χ0) is 45.3. The first kappa shape index (κ1) is 48.0. The summed E-state index contributed by atoms with van der Waals surface area (Å²) in [6, 6.07) is 13.8. The summed E-state index contributed by atoms with van der Waals surface area (Å²) < 4.78 is 119. The van der Waals surface area contributed by atoms with Gasteiger partial charge in [0.15, 0.2) is 0 Å². The molecule has 0 spiro atoms. The molecule has 5 N–H and O–H groups in total. The van der Waals surface area contributed by atoms with Gasteiger partial charge in [0.1, 0.15) is 18.8 Å². The van der Waals surface area contributed by atoms with Crippen LogP contribution in [0, 0.1) is 0 Å². The normalized spacial score (nSPS) is 17.0. The summed E-state index contributed by atoms with van der Waals surface area (Å²) in [5.41, 5.74) is 2.21. The molecule has 1 aliphatic carbocycles. The van der Waals surface area contributed by atoms with Crippen molar-refractivity contribution in [2.75, 3.05) is 62.5 Å². The van der Waals surface area contributed by atoms with Crippen molar-refractivity contribution in [1.82, 2.24) is 9.31 Å². The molecule has 5 rings (SSSR count). The highest BCUT2D eigenvalue weighted by atomic mass is 32.2. The molecule has 0 saturated heterocycles. The van der Waals surface area contributed by atoms with Crippen molar-refractivity contribution in [3.8, 4) is 23.1 Å². The summed E-state index contributed by atoms with van der Waals surface area (Å²) in [5, 5.41) is 20.1. The predicted octanol–water partition coefficient (Wildman–Crippen LogP) is 3.34. The number of anilines is 1. The smallest absolute Gasteiger partial charge is 0.335 e. The number of rotatable bonds is 22. The van der Waals surface area contributed by atoms with Crippen molar-refractivity contribution >= 4 is 48.1 Å². The minimum absolute atomic E-state index is 0.00661. The fourth-order valence-corrected chi connectivity index (χ4v) is 8.70. The van der Waals surface area contributed by atoms with Gasteiger partial charge in [-0.1, -0.05) is 12.2 Å². The minimum atomic E-state index is -4.63. The van der Waals surface area contributed by atoms with Crippen LogP contribution in [0.25, 0.3) is 17.4 Å². The van der Waals surface area contributed by atoms with E-state index in [1.807, 2.05) is 53.7 Å². The Hall–Kier alpha value is -5.07. The maximum absolute atomic E-state index is 12.3. The Morgan fingerprint density at radius 1 is 0.855 bits per heavy atom. The van der Waals surface area contributed by atoms with Crippen molar-refractivity contribution in [2.45, 2.75) is 49.8 Å². The lowest BCUT2D eigenvalue weighted by Gasteiger charge is -2.30. The number of fused-ring (bicyclic) bond motifs is 2. The van der Waals surface area contributed by atoms with Gasteiger partial charge in [0, 0.05) is 53.5 Å². The average molecular weight is 925 g/mol. The number of hydrogen-bond donors (Lipinski definition) is 5. The molecule has 338 valence electrons. The van der Waals surface area contributed by atoms with E-state index in [9.17, 15) is 49.4 Å². The predicted molar refractivity (Wildman–Crippen MR) is 226 cm³/mol. The fourth-order valence-electron chi connectivity index (χ4n) is 7.19. The highest BCUT2D eigenvalue weighted by Crippen LogP contribution is 2.51. The molecule has 0 amide bonds. The van der Waals surface area contributed by atoms with Crippen LogP contribution in [0.15, 0.2) is 88.0 Å². The van der Waals surface area contributed by atoms with Crippen LogP contribution in [0.4, 0.5) is 5.69 Å². The number of aromatic hydroxyl groups is 2. The second-order valence-corrected chi connectivity index (χ2v) is 19.1. The van der Waals surface area contributed by atoms with Crippen LogP contribution in [0.1, 0.15) is 50.7 Å². The maximum Gasteiger partial charge on any atom is 0.335 e. The highest BCUT2D eigenvalue weighted by molar-refractivity contribution is 7.86. The number of aromatic nitrogens is 1. The van der Waals surface area contributed by atoms with E-state index >= 15 is 0 Å². The molecule has 1 aromatic carbocycles. The third-order valence-electron chi connectivity index (χ3n) is 10.2. The summed E-state index contributed by atoms with van der Waals surface area (Å²) in [7, 11) is -13.1. The molecule has 3 heterocycles. The first-order valence-electron chi connectivity index (χ1n) is 19.4. The monoisotopic (exact) mass is 924 g/mol. The summed E-state index contributed by atoms with van der Waals surface area (Å²) in [4.78, 5) is 18.5. The Morgan fingerprint density at radius 3 is 2.19 bits per heavy atom. The second kappa shape index (κ2) is 20.4. The third-order valence-corrected chi connectivity index (χ3v) is 12.6. The van der Waals surface area contributed by atoms with Crippen molar-refractivity contribution < 1.29 is 72.6 Å². The molecule has 0 fully saturated rings. The Bertz CT molecular complexity index is 2650. The summed E-state index contributed by atoms with van der Waals surface area (Å²) in [6.07, 6.45) is 7.16. The van der Waals surface area contributed by atoms with Crippen molar-refractivity contribution in [2.24, 2.45) is 0 Å². The molecule has 2 aromatic rings. The zero-order valence-corrected chi connectivity index (χ0v) is 36.4. The van der Waals surface area contributed by atoms with Gasteiger partial charge in [-0.25, -0.2) is 9.37 Å². The summed E-state index contributed by atoms with van der Waals surface area (Å²) in [5.74, 6) is -2.03. The van der Waals surface area contributed by atoms with Crippen LogP contribution in [-0.2, 0) is 50.0 Å². The Morgan fingerprint density at radius 2 is 1.53 bits per heavy atom. The first-order chi connectivity index (χ1) is 29.2. The number of carbonyl (C=O) groups is 1. The third kappa shape index (κ3) is 12.8. The van der Waals surface area contributed by atoms with Gasteiger partial charge in [-0.3, -0.25) is 13.7 Å². The van der Waals surface area contributed by atoms with Crippen LogP contribution < -0.4 is 19.7 Å². The maximum atomic E-state index is 12.3. The molecule has 1 aromatic heterocycles. The summed E-state index contributed by atoms with van der Waals surface area (Å²) >= 11 is 0. The van der Waals surface area contributed by atoms with Crippen LogP contribution in [-0.4, -0.2) is 117 Å². The molecule has 22 heteroatoms. The topological polar surface area (TPSA) is 273 Å². The number of carbonyl (C=O) groups excluding carboxylic acids is 1. The molecule has 19 nitrogen and oxygen atoms in total. The van der Waals surface area contributed by atoms with Crippen LogP contribution >= 0.6 is 0 Å². The van der Waals surface area contributed by atoms with Crippen molar-refractivity contribution in [3.63, 3.8) is 0 Å². The largest absolute Gasteiger partial charge is 0.492 e. The Kier molecular flexibility index (Phi) is 15.8. The Labute approximate surface area is 359 Å². The molecule has 62 heavy (non-hydrogen) atoms. The number of hydrogen-bond acceptors (Lipinski definition) is 14. The van der Waals surface area contributed by atoms with Crippen LogP contribution in [0.5, 0.6) is 11.8 Å². The SMILES string of the molecule is CC[N+](CCCS(=O)(=O)O)=c1ccc2c(C=CC=C3N(CCOCCOCCC(=O)On4c(O)ccc4O)c4ccc(S(=O)(=O)O)cc4C3(C)CCCS(=O)(=O)O)ccoc-2c1. The number of nitrogens with zero attached hydrogens (tertiary/aromatic N) is 3. The van der Waals surface area contributed by atoms with Crippen molar-refractivity contribution in [1.29, 1.82) is 0 Å². The van der Waals surface area contributed by atoms with Gasteiger partial charge in [-0.05, 0) is 74.2 Å². The van der Waals surface area contributed by atoms with Gasteiger partial charge in [0.05, 0.1) is 61.6 Å². The van der Waals surface area contributed by atoms with E-state index in [2.05, 4.69) is 0 Å². The molecular formula is C40H50N3O16S3+. The molecule has 2 aliphatic heterocycles. The number of ether oxygens (including phenoxy) is 2. The molecule has 0 radical (unpaired) electrons. The summed E-state index contributed by atoms with van der Waals surface area (Å²) in [6.45, 7) is 5.25. The molecule has 0 saturated carbocycles. The first-order valence-corrected chi connectivity index (χ1v) is 24.1. The standard InChI is InChI=1S/C40H49N3O16S3/c1-3-41(18-6-26-61(50,51)52)30-9-11-32-29(15-21-58-35(32)27-30)7-4-8-36-40(2,17-5-25-60(47,48)49)33-28-31(62(53,54)55)10-12-34(33)42(36)19-22-57-24-23-56-20-16-39(46)59-43-37(44)13-14-38(43)45/h4,7-15,21,27-28H,3,5-6,16-20,22-26H2,1-2H3,(H4-,44,45,47,48,49,50,51,52,53,54,55)/p+1. The second-order valence-electron chi connectivity index (χ2n) is 14.5. The lowest BCUT2D eigenvalue weighted by molar-refractivity contribution is -0.146. The van der Waals surface area contributed by atoms with Gasteiger partial charge in [0.25, 0.3) is 30.4 Å². The van der Waals surface area contributed by atoms with Gasteiger partial charge in [0.2, 0.25) is 17.1 Å². The van der Waals surface area contributed by atoms with Crippen molar-refractivity contribution in [3.05, 3.63) is 95.2 Å². The van der Waals surface area contributed by atoms with E-state index in [1.54, 1.807) is 18.2 Å². The lowest BCUT2D eigenvalue weighted by Crippen LogP contribution is -2.31. The average Bonchev–Trinajstić information content (AvgIpc) is 3.63. The van der Waals surface area contributed by atoms with E-state index in [0.29, 0.717) is 40.5 Å². The molecule has 0 bridgehead atoms. The van der Waals surface area contributed by atoms with E-state index in [-0.39, 0.29) is 69.3 Å². The minimum Gasteiger partial charge on any atom is -0.492 e. The zero-order valence-electron chi connectivity index (χ0n) is 34.0. The van der Waals surface area contributed by atoms with Gasteiger partial charge in [-0.2, -0.15) is 25.3 Å². The number of allylic oxidation sites excluding steroid dienone is 3. The van der Waals surface area contributed by atoms with E-state index < -0.39 is 59.3 Å². The molecule has 1 unspecified atom stereocenters. The molecular weight excluding hydrogens is 875 g/mol.